The Morgan fingerprint density at radius 3 is 2.61 bits per heavy atom. The van der Waals surface area contributed by atoms with E-state index in [1.165, 1.54) is 24.9 Å². The summed E-state index contributed by atoms with van der Waals surface area (Å²) in [5.74, 6) is -1.56. The third kappa shape index (κ3) is 7.13. The Bertz CT molecular complexity index is 1050. The van der Waals surface area contributed by atoms with Crippen LogP contribution in [0.3, 0.4) is 0 Å². The smallest absolute Gasteiger partial charge is 0.350 e. The Labute approximate surface area is 211 Å². The first-order valence-electron chi connectivity index (χ1n) is 12.4. The summed E-state index contributed by atoms with van der Waals surface area (Å²) in [7, 11) is 1.26. The first kappa shape index (κ1) is 26.8. The van der Waals surface area contributed by atoms with Crippen molar-refractivity contribution in [1.29, 1.82) is 0 Å². The lowest BCUT2D eigenvalue weighted by atomic mass is 9.92. The van der Waals surface area contributed by atoms with Gasteiger partial charge in [0.15, 0.2) is 0 Å². The normalized spacial score (nSPS) is 16.7. The van der Waals surface area contributed by atoms with Gasteiger partial charge in [-0.2, -0.15) is 4.99 Å². The number of amides is 4. The van der Waals surface area contributed by atoms with Crippen LogP contribution in [0, 0.1) is 5.92 Å². The predicted octanol–water partition coefficient (Wildman–Crippen LogP) is 3.27. The molecule has 0 bridgehead atoms. The van der Waals surface area contributed by atoms with Crippen LogP contribution in [0.4, 0.5) is 10.5 Å². The highest BCUT2D eigenvalue weighted by Gasteiger charge is 2.36. The van der Waals surface area contributed by atoms with Crippen LogP contribution in [0.5, 0.6) is 0 Å². The van der Waals surface area contributed by atoms with E-state index in [0.29, 0.717) is 32.2 Å². The number of unbranched alkanes of at least 4 members (excludes halogenated alkanes) is 2. The van der Waals surface area contributed by atoms with Gasteiger partial charge in [-0.05, 0) is 44.4 Å². The van der Waals surface area contributed by atoms with Crippen molar-refractivity contribution in [3.63, 3.8) is 0 Å². The number of urea groups is 1. The number of para-hydroxylation sites is 1. The third-order valence-corrected chi connectivity index (χ3v) is 6.21. The summed E-state index contributed by atoms with van der Waals surface area (Å²) in [6.07, 6.45) is 7.76. The van der Waals surface area contributed by atoms with E-state index in [4.69, 9.17) is 0 Å². The number of imide groups is 1. The van der Waals surface area contributed by atoms with Crippen LogP contribution < -0.4 is 10.2 Å². The topological polar surface area (TPSA) is 108 Å². The molecule has 0 aromatic heterocycles. The number of nitrogens with one attached hydrogen (secondary N) is 1. The Hall–Kier alpha value is -3.75. The van der Waals surface area contributed by atoms with Gasteiger partial charge in [-0.15, -0.1) is 0 Å². The number of carbonyl (C=O) groups excluding carboxylic acids is 4. The molecule has 0 saturated carbocycles. The monoisotopic (exact) mass is 494 g/mol. The molecular formula is C27H34N4O5. The molecule has 192 valence electrons. The van der Waals surface area contributed by atoms with Gasteiger partial charge in [0, 0.05) is 38.3 Å². The fourth-order valence-corrected chi connectivity index (χ4v) is 4.22. The number of ether oxygens (including phenoxy) is 1. The van der Waals surface area contributed by atoms with Crippen molar-refractivity contribution in [1.82, 2.24) is 10.2 Å². The number of nitrogens with zero attached hydrogens (tertiary/aromatic N) is 3. The van der Waals surface area contributed by atoms with E-state index < -0.39 is 17.9 Å². The minimum absolute atomic E-state index is 0.0117. The highest BCUT2D eigenvalue weighted by atomic mass is 16.5. The number of allylic oxidation sites excluding steroid dienone is 1. The molecule has 4 amide bonds. The van der Waals surface area contributed by atoms with Gasteiger partial charge in [-0.1, -0.05) is 36.8 Å². The second kappa shape index (κ2) is 13.4. The zero-order valence-corrected chi connectivity index (χ0v) is 20.9. The first-order chi connectivity index (χ1) is 17.4. The quantitative estimate of drug-likeness (QED) is 0.333. The molecule has 9 heteroatoms. The van der Waals surface area contributed by atoms with Crippen LogP contribution in [0.15, 0.2) is 59.1 Å². The molecule has 9 nitrogen and oxygen atoms in total. The highest BCUT2D eigenvalue weighted by molar-refractivity contribution is 6.23. The van der Waals surface area contributed by atoms with E-state index in [9.17, 15) is 19.2 Å². The lowest BCUT2D eigenvalue weighted by Gasteiger charge is -2.28. The molecule has 1 aliphatic heterocycles. The Morgan fingerprint density at radius 2 is 1.89 bits per heavy atom. The van der Waals surface area contributed by atoms with Crippen molar-refractivity contribution in [2.45, 2.75) is 39.0 Å². The molecule has 1 aliphatic carbocycles. The number of hydrogen-bond donors (Lipinski definition) is 1. The van der Waals surface area contributed by atoms with Gasteiger partial charge >= 0.3 is 12.0 Å². The number of hydrogen-bond acceptors (Lipinski definition) is 6. The molecule has 36 heavy (non-hydrogen) atoms. The summed E-state index contributed by atoms with van der Waals surface area (Å²) in [6, 6.07) is 9.58. The maximum atomic E-state index is 12.8. The van der Waals surface area contributed by atoms with Gasteiger partial charge in [-0.3, -0.25) is 14.5 Å². The van der Waals surface area contributed by atoms with Gasteiger partial charge < -0.3 is 15.0 Å². The fraction of sp³-hybridized carbons (Fsp3) is 0.444. The van der Waals surface area contributed by atoms with Crippen molar-refractivity contribution >= 4 is 35.2 Å². The summed E-state index contributed by atoms with van der Waals surface area (Å²) in [4.78, 5) is 56.3. The van der Waals surface area contributed by atoms with Crippen molar-refractivity contribution < 1.29 is 23.9 Å². The molecule has 1 aromatic rings. The lowest BCUT2D eigenvalue weighted by molar-refractivity contribution is -0.136. The standard InChI is InChI=1S/C27H34N4O5/c1-3-30(21-11-6-4-7-12-21)17-10-16-28-24(32)13-8-5-9-18-31-25(33)22-15-14-20(26(34)36-2)19-23(22)29-27(31)35/h4,6-7,11-12,14-15,19,22H,3,5,8-10,13,16-18H2,1-2H3,(H,28,32). The Kier molecular flexibility index (Phi) is 9.97. The molecule has 2 aliphatic rings. The van der Waals surface area contributed by atoms with E-state index in [0.717, 1.165) is 24.4 Å². The Morgan fingerprint density at radius 1 is 1.11 bits per heavy atom. The molecule has 1 aromatic carbocycles. The average Bonchev–Trinajstić information content (AvgIpc) is 2.89. The van der Waals surface area contributed by atoms with Crippen LogP contribution in [0.25, 0.3) is 0 Å². The van der Waals surface area contributed by atoms with Crippen molar-refractivity contribution in [3.8, 4) is 0 Å². The highest BCUT2D eigenvalue weighted by Crippen LogP contribution is 2.23. The van der Waals surface area contributed by atoms with Crippen molar-refractivity contribution in [2.75, 3.05) is 38.2 Å². The zero-order valence-electron chi connectivity index (χ0n) is 20.9. The molecule has 1 heterocycles. The number of rotatable bonds is 13. The predicted molar refractivity (Wildman–Crippen MR) is 138 cm³/mol. The van der Waals surface area contributed by atoms with Gasteiger partial charge in [0.2, 0.25) is 11.8 Å². The van der Waals surface area contributed by atoms with E-state index in [-0.39, 0.29) is 29.6 Å². The number of methoxy groups -OCH3 is 1. The van der Waals surface area contributed by atoms with Crippen LogP contribution in [0.1, 0.15) is 39.0 Å². The summed E-state index contributed by atoms with van der Waals surface area (Å²) in [6.45, 7) is 4.78. The molecule has 0 spiro atoms. The minimum atomic E-state index is -0.674. The fourth-order valence-electron chi connectivity index (χ4n) is 4.22. The van der Waals surface area contributed by atoms with Crippen LogP contribution in [-0.2, 0) is 19.1 Å². The number of fused-ring (bicyclic) bond motifs is 1. The molecule has 0 radical (unpaired) electrons. The average molecular weight is 495 g/mol. The SMILES string of the molecule is CCN(CCCNC(=O)CCCCCN1C(=O)N=C2C=C(C(=O)OC)C=CC2C1=O)c1ccccc1. The van der Waals surface area contributed by atoms with Gasteiger partial charge in [0.25, 0.3) is 0 Å². The largest absolute Gasteiger partial charge is 0.465 e. The van der Waals surface area contributed by atoms with Crippen molar-refractivity contribution in [3.05, 3.63) is 54.1 Å². The first-order valence-corrected chi connectivity index (χ1v) is 12.4. The number of aliphatic imine (C=N–C) groups is 1. The Balaban J connectivity index is 1.33. The van der Waals surface area contributed by atoms with E-state index in [2.05, 4.69) is 39.0 Å². The van der Waals surface area contributed by atoms with E-state index in [1.54, 1.807) is 6.08 Å². The molecule has 1 atom stereocenters. The zero-order chi connectivity index (χ0) is 25.9. The van der Waals surface area contributed by atoms with E-state index >= 15 is 0 Å². The van der Waals surface area contributed by atoms with Crippen LogP contribution >= 0.6 is 0 Å². The summed E-state index contributed by atoms with van der Waals surface area (Å²) in [5.41, 5.74) is 1.69. The number of esters is 1. The summed E-state index contributed by atoms with van der Waals surface area (Å²) >= 11 is 0. The number of carbonyl (C=O) groups is 4. The lowest BCUT2D eigenvalue weighted by Crippen LogP contribution is -2.46. The molecule has 1 N–H and O–H groups in total. The van der Waals surface area contributed by atoms with Gasteiger partial charge in [0.05, 0.1) is 24.3 Å². The third-order valence-electron chi connectivity index (χ3n) is 6.21. The minimum Gasteiger partial charge on any atom is -0.465 e. The molecule has 3 rings (SSSR count). The maximum absolute atomic E-state index is 12.8. The molecule has 0 saturated heterocycles. The van der Waals surface area contributed by atoms with Gasteiger partial charge in [-0.25, -0.2) is 9.59 Å². The van der Waals surface area contributed by atoms with E-state index in [1.807, 2.05) is 18.2 Å². The molecule has 0 fully saturated rings. The number of anilines is 1. The van der Waals surface area contributed by atoms with Crippen molar-refractivity contribution in [2.24, 2.45) is 10.9 Å². The second-order valence-electron chi connectivity index (χ2n) is 8.67. The summed E-state index contributed by atoms with van der Waals surface area (Å²) < 4.78 is 4.67. The van der Waals surface area contributed by atoms with Gasteiger partial charge in [0.1, 0.15) is 0 Å². The maximum Gasteiger partial charge on any atom is 0.350 e. The summed E-state index contributed by atoms with van der Waals surface area (Å²) in [5, 5.41) is 2.97. The van der Waals surface area contributed by atoms with Crippen LogP contribution in [-0.4, -0.2) is 67.7 Å². The molecule has 1 unspecified atom stereocenters. The molecular weight excluding hydrogens is 460 g/mol. The van der Waals surface area contributed by atoms with Crippen LogP contribution in [0.2, 0.25) is 0 Å². The number of benzene rings is 1. The second-order valence-corrected chi connectivity index (χ2v) is 8.67.